The highest BCUT2D eigenvalue weighted by Gasteiger charge is 2.50. The molecule has 0 aromatic rings. The van der Waals surface area contributed by atoms with Crippen molar-refractivity contribution in [3.63, 3.8) is 0 Å². The number of hydrogen-bond donors (Lipinski definition) is 0. The average molecular weight is 220 g/mol. The molecular weight excluding hydrogens is 200 g/mol. The van der Waals surface area contributed by atoms with Crippen LogP contribution in [0, 0.1) is 28.6 Å². The first-order chi connectivity index (χ1) is 7.61. The molecule has 3 nitrogen and oxygen atoms in total. The van der Waals surface area contributed by atoms with Crippen molar-refractivity contribution in [2.24, 2.45) is 17.3 Å². The summed E-state index contributed by atoms with van der Waals surface area (Å²) in [5.74, 6) is 1.32. The highest BCUT2D eigenvalue weighted by molar-refractivity contribution is 5.86. The minimum Gasteiger partial charge on any atom is -0.341 e. The first-order valence-corrected chi connectivity index (χ1v) is 6.32. The molecule has 2 aliphatic rings. The third-order valence-electron chi connectivity index (χ3n) is 3.86. The van der Waals surface area contributed by atoms with E-state index in [9.17, 15) is 10.1 Å². The van der Waals surface area contributed by atoms with E-state index in [1.807, 2.05) is 11.8 Å². The van der Waals surface area contributed by atoms with E-state index in [0.717, 1.165) is 25.9 Å². The first kappa shape index (κ1) is 11.4. The SMILES string of the molecule is CCN(CC1CC1)C(=O)C1(C#N)CC(C)C1. The molecule has 0 unspecified atom stereocenters. The summed E-state index contributed by atoms with van der Waals surface area (Å²) >= 11 is 0. The second-order valence-corrected chi connectivity index (χ2v) is 5.49. The predicted molar refractivity (Wildman–Crippen MR) is 61.4 cm³/mol. The van der Waals surface area contributed by atoms with Gasteiger partial charge in [0.2, 0.25) is 5.91 Å². The van der Waals surface area contributed by atoms with E-state index in [1.54, 1.807) is 0 Å². The predicted octanol–water partition coefficient (Wildman–Crippen LogP) is 2.18. The molecule has 1 amide bonds. The highest BCUT2D eigenvalue weighted by atomic mass is 16.2. The number of hydrogen-bond acceptors (Lipinski definition) is 2. The maximum atomic E-state index is 12.3. The van der Waals surface area contributed by atoms with Crippen LogP contribution in [0.3, 0.4) is 0 Å². The molecule has 0 aliphatic heterocycles. The Hall–Kier alpha value is -1.04. The quantitative estimate of drug-likeness (QED) is 0.729. The van der Waals surface area contributed by atoms with Crippen molar-refractivity contribution in [2.75, 3.05) is 13.1 Å². The molecule has 0 heterocycles. The van der Waals surface area contributed by atoms with Crippen LogP contribution in [0.15, 0.2) is 0 Å². The van der Waals surface area contributed by atoms with Gasteiger partial charge in [0.1, 0.15) is 5.41 Å². The number of rotatable bonds is 4. The lowest BCUT2D eigenvalue weighted by molar-refractivity contribution is -0.145. The second kappa shape index (κ2) is 4.08. The monoisotopic (exact) mass is 220 g/mol. The molecule has 88 valence electrons. The van der Waals surface area contributed by atoms with E-state index < -0.39 is 5.41 Å². The molecule has 3 heteroatoms. The Morgan fingerprint density at radius 2 is 2.12 bits per heavy atom. The molecule has 2 fully saturated rings. The fraction of sp³-hybridized carbons (Fsp3) is 0.846. The summed E-state index contributed by atoms with van der Waals surface area (Å²) < 4.78 is 0. The van der Waals surface area contributed by atoms with Gasteiger partial charge in [0.25, 0.3) is 0 Å². The molecule has 2 rings (SSSR count). The average Bonchev–Trinajstić information content (AvgIpc) is 3.04. The standard InChI is InChI=1S/C13H20N2O/c1-3-15(8-11-4-5-11)12(16)13(9-14)6-10(2)7-13/h10-11H,3-8H2,1-2H3. The molecule has 2 aliphatic carbocycles. The number of carbonyl (C=O) groups is 1. The van der Waals surface area contributed by atoms with Crippen LogP contribution in [0.5, 0.6) is 0 Å². The summed E-state index contributed by atoms with van der Waals surface area (Å²) in [4.78, 5) is 14.2. The van der Waals surface area contributed by atoms with E-state index in [-0.39, 0.29) is 5.91 Å². The Balaban J connectivity index is 2.01. The van der Waals surface area contributed by atoms with Crippen molar-refractivity contribution in [3.05, 3.63) is 0 Å². The lowest BCUT2D eigenvalue weighted by Crippen LogP contribution is -2.50. The molecule has 16 heavy (non-hydrogen) atoms. The van der Waals surface area contributed by atoms with Gasteiger partial charge in [0.05, 0.1) is 6.07 Å². The van der Waals surface area contributed by atoms with Crippen molar-refractivity contribution in [1.82, 2.24) is 4.90 Å². The van der Waals surface area contributed by atoms with Crippen LogP contribution in [0.2, 0.25) is 0 Å². The van der Waals surface area contributed by atoms with E-state index >= 15 is 0 Å². The summed E-state index contributed by atoms with van der Waals surface area (Å²) in [7, 11) is 0. The third kappa shape index (κ3) is 1.93. The zero-order valence-corrected chi connectivity index (χ0v) is 10.2. The van der Waals surface area contributed by atoms with Gasteiger partial charge in [-0.2, -0.15) is 5.26 Å². The fourth-order valence-electron chi connectivity index (χ4n) is 2.71. The normalized spacial score (nSPS) is 32.7. The second-order valence-electron chi connectivity index (χ2n) is 5.49. The molecule has 0 atom stereocenters. The van der Waals surface area contributed by atoms with Gasteiger partial charge in [0.15, 0.2) is 0 Å². The smallest absolute Gasteiger partial charge is 0.243 e. The van der Waals surface area contributed by atoms with Crippen LogP contribution in [0.4, 0.5) is 0 Å². The Morgan fingerprint density at radius 1 is 1.50 bits per heavy atom. The van der Waals surface area contributed by atoms with Crippen LogP contribution in [-0.2, 0) is 4.79 Å². The summed E-state index contributed by atoms with van der Waals surface area (Å²) in [5, 5.41) is 9.22. The Morgan fingerprint density at radius 3 is 2.50 bits per heavy atom. The van der Waals surface area contributed by atoms with Gasteiger partial charge in [-0.25, -0.2) is 0 Å². The zero-order valence-electron chi connectivity index (χ0n) is 10.2. The van der Waals surface area contributed by atoms with Gasteiger partial charge in [-0.3, -0.25) is 4.79 Å². The zero-order chi connectivity index (χ0) is 11.8. The molecule has 2 saturated carbocycles. The lowest BCUT2D eigenvalue weighted by atomic mass is 9.62. The van der Waals surface area contributed by atoms with Crippen molar-refractivity contribution in [3.8, 4) is 6.07 Å². The summed E-state index contributed by atoms with van der Waals surface area (Å²) in [5.41, 5.74) is -0.676. The molecule has 0 aromatic heterocycles. The van der Waals surface area contributed by atoms with E-state index in [4.69, 9.17) is 0 Å². The Labute approximate surface area is 97.4 Å². The molecule has 0 N–H and O–H groups in total. The van der Waals surface area contributed by atoms with E-state index in [0.29, 0.717) is 11.8 Å². The minimum absolute atomic E-state index is 0.0856. The number of nitrogens with zero attached hydrogens (tertiary/aromatic N) is 2. The van der Waals surface area contributed by atoms with Crippen molar-refractivity contribution in [1.29, 1.82) is 5.26 Å². The highest BCUT2D eigenvalue weighted by Crippen LogP contribution is 2.46. The molecule has 0 bridgehead atoms. The van der Waals surface area contributed by atoms with Crippen molar-refractivity contribution in [2.45, 2.75) is 39.5 Å². The van der Waals surface area contributed by atoms with Crippen LogP contribution in [0.1, 0.15) is 39.5 Å². The fourth-order valence-corrected chi connectivity index (χ4v) is 2.71. The van der Waals surface area contributed by atoms with Gasteiger partial charge in [-0.05, 0) is 44.4 Å². The van der Waals surface area contributed by atoms with Crippen LogP contribution < -0.4 is 0 Å². The lowest BCUT2D eigenvalue weighted by Gasteiger charge is -2.42. The van der Waals surface area contributed by atoms with Gasteiger partial charge < -0.3 is 4.90 Å². The van der Waals surface area contributed by atoms with Crippen molar-refractivity contribution < 1.29 is 4.79 Å². The molecule has 0 spiro atoms. The van der Waals surface area contributed by atoms with Crippen LogP contribution in [-0.4, -0.2) is 23.9 Å². The Bertz CT molecular complexity index is 321. The summed E-state index contributed by atoms with van der Waals surface area (Å²) in [6, 6.07) is 2.26. The van der Waals surface area contributed by atoms with Gasteiger partial charge in [-0.15, -0.1) is 0 Å². The Kier molecular flexibility index (Phi) is 2.92. The van der Waals surface area contributed by atoms with Gasteiger partial charge in [0, 0.05) is 13.1 Å². The molecular formula is C13H20N2O. The van der Waals surface area contributed by atoms with E-state index in [2.05, 4.69) is 13.0 Å². The third-order valence-corrected chi connectivity index (χ3v) is 3.86. The molecule has 0 radical (unpaired) electrons. The minimum atomic E-state index is -0.676. The topological polar surface area (TPSA) is 44.1 Å². The summed E-state index contributed by atoms with van der Waals surface area (Å²) in [6.45, 7) is 5.73. The summed E-state index contributed by atoms with van der Waals surface area (Å²) in [6.07, 6.45) is 4.01. The van der Waals surface area contributed by atoms with E-state index in [1.165, 1.54) is 12.8 Å². The first-order valence-electron chi connectivity index (χ1n) is 6.32. The molecule has 0 saturated heterocycles. The van der Waals surface area contributed by atoms with Gasteiger partial charge >= 0.3 is 0 Å². The van der Waals surface area contributed by atoms with Crippen LogP contribution >= 0.6 is 0 Å². The van der Waals surface area contributed by atoms with Crippen molar-refractivity contribution >= 4 is 5.91 Å². The maximum absolute atomic E-state index is 12.3. The largest absolute Gasteiger partial charge is 0.341 e. The van der Waals surface area contributed by atoms with Crippen LogP contribution in [0.25, 0.3) is 0 Å². The number of nitriles is 1. The van der Waals surface area contributed by atoms with Gasteiger partial charge in [-0.1, -0.05) is 6.92 Å². The molecule has 0 aromatic carbocycles. The number of carbonyl (C=O) groups excluding carboxylic acids is 1. The number of amides is 1. The maximum Gasteiger partial charge on any atom is 0.243 e.